The van der Waals surface area contributed by atoms with Crippen LogP contribution in [0.2, 0.25) is 0 Å². The highest BCUT2D eigenvalue weighted by Crippen LogP contribution is 2.16. The third-order valence-corrected chi connectivity index (χ3v) is 3.22. The van der Waals surface area contributed by atoms with Crippen molar-refractivity contribution < 1.29 is 23.8 Å². The van der Waals surface area contributed by atoms with Gasteiger partial charge in [-0.3, -0.25) is 0 Å². The first-order chi connectivity index (χ1) is 11.1. The molecule has 5 heteroatoms. The van der Waals surface area contributed by atoms with Gasteiger partial charge in [-0.25, -0.2) is 9.59 Å². The molecular formula is C18H18O5. The molecule has 0 radical (unpaired) electrons. The van der Waals surface area contributed by atoms with Crippen molar-refractivity contribution in [1.29, 1.82) is 0 Å². The van der Waals surface area contributed by atoms with Crippen molar-refractivity contribution in [3.05, 3.63) is 65.2 Å². The molecule has 0 aliphatic rings. The molecule has 0 spiro atoms. The van der Waals surface area contributed by atoms with Gasteiger partial charge in [0, 0.05) is 0 Å². The van der Waals surface area contributed by atoms with E-state index in [0.29, 0.717) is 0 Å². The standard InChI is InChI=1S/C18H18O5/c1-13-7-3-6-10-16(13)22-11-12-23-18(20)15-9-5-4-8-14(15)17(19)21-2/h3-10H,11-12H2,1-2H3. The fourth-order valence-corrected chi connectivity index (χ4v) is 2.03. The van der Waals surface area contributed by atoms with Crippen molar-refractivity contribution in [3.63, 3.8) is 0 Å². The average molecular weight is 314 g/mol. The molecule has 0 fully saturated rings. The van der Waals surface area contributed by atoms with Crippen molar-refractivity contribution in [3.8, 4) is 5.75 Å². The number of carbonyl (C=O) groups is 2. The second kappa shape index (κ2) is 7.98. The Kier molecular flexibility index (Phi) is 5.74. The van der Waals surface area contributed by atoms with Crippen molar-refractivity contribution in [2.24, 2.45) is 0 Å². The summed E-state index contributed by atoms with van der Waals surface area (Å²) in [6.07, 6.45) is 0. The number of aryl methyl sites for hydroxylation is 1. The molecule has 2 aromatic carbocycles. The topological polar surface area (TPSA) is 61.8 Å². The number of hydrogen-bond acceptors (Lipinski definition) is 5. The maximum Gasteiger partial charge on any atom is 0.339 e. The van der Waals surface area contributed by atoms with Crippen LogP contribution in [0.4, 0.5) is 0 Å². The fourth-order valence-electron chi connectivity index (χ4n) is 2.03. The maximum absolute atomic E-state index is 12.1. The number of rotatable bonds is 6. The smallest absolute Gasteiger partial charge is 0.339 e. The summed E-state index contributed by atoms with van der Waals surface area (Å²) >= 11 is 0. The molecule has 0 aromatic heterocycles. The molecular weight excluding hydrogens is 296 g/mol. The molecule has 23 heavy (non-hydrogen) atoms. The van der Waals surface area contributed by atoms with Gasteiger partial charge in [0.1, 0.15) is 19.0 Å². The molecule has 0 saturated carbocycles. The van der Waals surface area contributed by atoms with Gasteiger partial charge in [0.15, 0.2) is 0 Å². The molecule has 0 unspecified atom stereocenters. The second-order valence-electron chi connectivity index (χ2n) is 4.79. The summed E-state index contributed by atoms with van der Waals surface area (Å²) in [5.74, 6) is -0.411. The van der Waals surface area contributed by atoms with Crippen LogP contribution in [0.3, 0.4) is 0 Å². The van der Waals surface area contributed by atoms with Crippen LogP contribution in [-0.4, -0.2) is 32.3 Å². The van der Waals surface area contributed by atoms with E-state index in [1.807, 2.05) is 31.2 Å². The lowest BCUT2D eigenvalue weighted by atomic mass is 10.1. The van der Waals surface area contributed by atoms with Gasteiger partial charge in [-0.05, 0) is 30.7 Å². The SMILES string of the molecule is COC(=O)c1ccccc1C(=O)OCCOc1ccccc1C. The summed E-state index contributed by atoms with van der Waals surface area (Å²) in [5, 5.41) is 0. The summed E-state index contributed by atoms with van der Waals surface area (Å²) in [5.41, 5.74) is 1.37. The van der Waals surface area contributed by atoms with Gasteiger partial charge in [0.25, 0.3) is 0 Å². The number of hydrogen-bond donors (Lipinski definition) is 0. The molecule has 0 saturated heterocycles. The van der Waals surface area contributed by atoms with E-state index in [1.165, 1.54) is 19.2 Å². The molecule has 0 amide bonds. The Morgan fingerprint density at radius 3 is 2.13 bits per heavy atom. The van der Waals surface area contributed by atoms with E-state index in [2.05, 4.69) is 4.74 Å². The first-order valence-electron chi connectivity index (χ1n) is 7.16. The summed E-state index contributed by atoms with van der Waals surface area (Å²) in [6, 6.07) is 13.9. The van der Waals surface area contributed by atoms with Crippen LogP contribution in [0.1, 0.15) is 26.3 Å². The highest BCUT2D eigenvalue weighted by atomic mass is 16.6. The third-order valence-electron chi connectivity index (χ3n) is 3.22. The van der Waals surface area contributed by atoms with Crippen LogP contribution < -0.4 is 4.74 Å². The number of benzene rings is 2. The summed E-state index contributed by atoms with van der Waals surface area (Å²) < 4.78 is 15.4. The lowest BCUT2D eigenvalue weighted by molar-refractivity contribution is 0.0437. The van der Waals surface area contributed by atoms with Crippen LogP contribution in [0, 0.1) is 6.92 Å². The van der Waals surface area contributed by atoms with E-state index in [4.69, 9.17) is 9.47 Å². The van der Waals surface area contributed by atoms with Crippen LogP contribution >= 0.6 is 0 Å². The Hall–Kier alpha value is -2.82. The molecule has 2 rings (SSSR count). The van der Waals surface area contributed by atoms with Gasteiger partial charge in [-0.1, -0.05) is 30.3 Å². The van der Waals surface area contributed by atoms with Crippen LogP contribution in [0.25, 0.3) is 0 Å². The van der Waals surface area contributed by atoms with Gasteiger partial charge in [-0.2, -0.15) is 0 Å². The van der Waals surface area contributed by atoms with E-state index in [0.717, 1.165) is 11.3 Å². The molecule has 2 aromatic rings. The summed E-state index contributed by atoms with van der Waals surface area (Å²) in [7, 11) is 1.26. The van der Waals surface area contributed by atoms with Gasteiger partial charge < -0.3 is 14.2 Å². The van der Waals surface area contributed by atoms with Gasteiger partial charge in [0.2, 0.25) is 0 Å². The van der Waals surface area contributed by atoms with Crippen molar-refractivity contribution >= 4 is 11.9 Å². The highest BCUT2D eigenvalue weighted by molar-refractivity contribution is 6.03. The Labute approximate surface area is 134 Å². The number of carbonyl (C=O) groups excluding carboxylic acids is 2. The highest BCUT2D eigenvalue weighted by Gasteiger charge is 2.18. The predicted octanol–water partition coefficient (Wildman–Crippen LogP) is 3.02. The molecule has 0 bridgehead atoms. The molecule has 0 atom stereocenters. The quantitative estimate of drug-likeness (QED) is 0.606. The normalized spacial score (nSPS) is 10.0. The minimum atomic E-state index is -0.584. The first kappa shape index (κ1) is 16.5. The van der Waals surface area contributed by atoms with Crippen LogP contribution in [-0.2, 0) is 9.47 Å². The zero-order chi connectivity index (χ0) is 16.7. The lowest BCUT2D eigenvalue weighted by Crippen LogP contribution is -2.16. The zero-order valence-corrected chi connectivity index (χ0v) is 13.1. The van der Waals surface area contributed by atoms with Crippen LogP contribution in [0.5, 0.6) is 5.75 Å². The molecule has 0 heterocycles. The number of methoxy groups -OCH3 is 1. The maximum atomic E-state index is 12.1. The molecule has 0 N–H and O–H groups in total. The van der Waals surface area contributed by atoms with Gasteiger partial charge in [0.05, 0.1) is 18.2 Å². The monoisotopic (exact) mass is 314 g/mol. The van der Waals surface area contributed by atoms with Gasteiger partial charge in [-0.15, -0.1) is 0 Å². The van der Waals surface area contributed by atoms with Crippen LogP contribution in [0.15, 0.2) is 48.5 Å². The first-order valence-corrected chi connectivity index (χ1v) is 7.16. The van der Waals surface area contributed by atoms with E-state index in [9.17, 15) is 9.59 Å². The predicted molar refractivity (Wildman–Crippen MR) is 84.7 cm³/mol. The average Bonchev–Trinajstić information content (AvgIpc) is 2.59. The van der Waals surface area contributed by atoms with E-state index in [-0.39, 0.29) is 24.3 Å². The molecule has 5 nitrogen and oxygen atoms in total. The summed E-state index contributed by atoms with van der Waals surface area (Å²) in [4.78, 5) is 23.7. The fraction of sp³-hybridized carbons (Fsp3) is 0.222. The van der Waals surface area contributed by atoms with Crippen molar-refractivity contribution in [2.45, 2.75) is 6.92 Å². The lowest BCUT2D eigenvalue weighted by Gasteiger charge is -2.10. The molecule has 120 valence electrons. The number of esters is 2. The Morgan fingerprint density at radius 2 is 1.48 bits per heavy atom. The second-order valence-corrected chi connectivity index (χ2v) is 4.79. The van der Waals surface area contributed by atoms with E-state index < -0.39 is 11.9 Å². The Balaban J connectivity index is 1.91. The van der Waals surface area contributed by atoms with E-state index in [1.54, 1.807) is 12.1 Å². The zero-order valence-electron chi connectivity index (χ0n) is 13.1. The molecule has 0 aliphatic heterocycles. The van der Waals surface area contributed by atoms with E-state index >= 15 is 0 Å². The largest absolute Gasteiger partial charge is 0.490 e. The molecule has 0 aliphatic carbocycles. The number of ether oxygens (including phenoxy) is 3. The van der Waals surface area contributed by atoms with Gasteiger partial charge >= 0.3 is 11.9 Å². The minimum Gasteiger partial charge on any atom is -0.490 e. The van der Waals surface area contributed by atoms with Crippen molar-refractivity contribution in [1.82, 2.24) is 0 Å². The third kappa shape index (κ3) is 4.32. The minimum absolute atomic E-state index is 0.0860. The Bertz CT molecular complexity index is 693. The number of para-hydroxylation sites is 1. The Morgan fingerprint density at radius 1 is 0.870 bits per heavy atom. The summed E-state index contributed by atoms with van der Waals surface area (Å²) in [6.45, 7) is 2.26. The van der Waals surface area contributed by atoms with Crippen molar-refractivity contribution in [2.75, 3.05) is 20.3 Å².